The Labute approximate surface area is 184 Å². The molecule has 1 fully saturated rings. The third kappa shape index (κ3) is 6.07. The summed E-state index contributed by atoms with van der Waals surface area (Å²) in [7, 11) is 0. The lowest BCUT2D eigenvalue weighted by molar-refractivity contribution is -0.131. The maximum atomic E-state index is 13.1. The van der Waals surface area contributed by atoms with E-state index in [1.807, 2.05) is 17.9 Å². The molecule has 3 rings (SSSR count). The minimum absolute atomic E-state index is 0.360. The van der Waals surface area contributed by atoms with Crippen LogP contribution in [-0.2, 0) is 14.3 Å². The van der Waals surface area contributed by atoms with Crippen molar-refractivity contribution in [3.63, 3.8) is 0 Å². The van der Waals surface area contributed by atoms with Crippen molar-refractivity contribution in [2.45, 2.75) is 6.92 Å². The highest BCUT2D eigenvalue weighted by Gasteiger charge is 2.20. The van der Waals surface area contributed by atoms with Gasteiger partial charge in [-0.1, -0.05) is 17.7 Å². The number of carboxylic acids is 1. The van der Waals surface area contributed by atoms with Gasteiger partial charge in [-0.25, -0.2) is 4.79 Å². The Morgan fingerprint density at radius 3 is 2.39 bits per heavy atom. The second-order valence-electron chi connectivity index (χ2n) is 6.91. The summed E-state index contributed by atoms with van der Waals surface area (Å²) in [5.74, 6) is -2.20. The van der Waals surface area contributed by atoms with Crippen LogP contribution in [0, 0.1) is 6.92 Å². The number of nitrogens with one attached hydrogen (secondary N) is 2. The van der Waals surface area contributed by atoms with Crippen LogP contribution in [0.25, 0.3) is 0 Å². The van der Waals surface area contributed by atoms with Crippen LogP contribution >= 0.6 is 11.6 Å². The predicted octanol–water partition coefficient (Wildman–Crippen LogP) is 3.32. The summed E-state index contributed by atoms with van der Waals surface area (Å²) in [6, 6.07) is 10.2. The number of hydrogen-bond donors (Lipinski definition) is 3. The molecule has 9 heteroatoms. The summed E-state index contributed by atoms with van der Waals surface area (Å²) in [6.45, 7) is 4.23. The van der Waals surface area contributed by atoms with Gasteiger partial charge >= 0.3 is 5.97 Å². The van der Waals surface area contributed by atoms with Crippen LogP contribution in [-0.4, -0.2) is 49.2 Å². The number of morpholine rings is 1. The van der Waals surface area contributed by atoms with Crippen molar-refractivity contribution >= 4 is 46.4 Å². The molecular formula is C22H22ClN3O5. The van der Waals surface area contributed by atoms with Gasteiger partial charge in [0.1, 0.15) is 0 Å². The lowest BCUT2D eigenvalue weighted by Gasteiger charge is -2.30. The Bertz CT molecular complexity index is 1030. The van der Waals surface area contributed by atoms with Gasteiger partial charge in [-0.15, -0.1) is 0 Å². The molecule has 2 amide bonds. The first-order valence-electron chi connectivity index (χ1n) is 9.60. The molecule has 31 heavy (non-hydrogen) atoms. The van der Waals surface area contributed by atoms with E-state index in [-0.39, 0.29) is 5.91 Å². The third-order valence-electron chi connectivity index (χ3n) is 4.67. The Morgan fingerprint density at radius 2 is 1.71 bits per heavy atom. The normalized spacial score (nSPS) is 13.8. The highest BCUT2D eigenvalue weighted by Crippen LogP contribution is 2.27. The molecule has 1 aliphatic rings. The fraction of sp³-hybridized carbons (Fsp3) is 0.227. The maximum Gasteiger partial charge on any atom is 0.328 e. The van der Waals surface area contributed by atoms with Crippen LogP contribution in [0.15, 0.2) is 48.6 Å². The summed E-state index contributed by atoms with van der Waals surface area (Å²) >= 11 is 6.16. The van der Waals surface area contributed by atoms with E-state index >= 15 is 0 Å². The van der Waals surface area contributed by atoms with E-state index in [4.69, 9.17) is 21.4 Å². The number of aryl methyl sites for hydroxylation is 1. The molecule has 8 nitrogen and oxygen atoms in total. The van der Waals surface area contributed by atoms with Gasteiger partial charge in [0.15, 0.2) is 0 Å². The fourth-order valence-corrected chi connectivity index (χ4v) is 3.26. The molecule has 1 saturated heterocycles. The number of anilines is 3. The van der Waals surface area contributed by atoms with E-state index in [0.29, 0.717) is 54.0 Å². The molecule has 3 N–H and O–H groups in total. The summed E-state index contributed by atoms with van der Waals surface area (Å²) < 4.78 is 5.39. The van der Waals surface area contributed by atoms with E-state index in [2.05, 4.69) is 10.6 Å². The molecule has 162 valence electrons. The van der Waals surface area contributed by atoms with Crippen LogP contribution in [0.2, 0.25) is 5.02 Å². The summed E-state index contributed by atoms with van der Waals surface area (Å²) in [6.07, 6.45) is 1.65. The van der Waals surface area contributed by atoms with Crippen LogP contribution < -0.4 is 15.5 Å². The SMILES string of the molecule is Cc1ccc(NC(=O)c2cc(NC(=O)C=CC(=O)O)ccc2N2CCOCC2)cc1Cl. The molecule has 1 aliphatic heterocycles. The van der Waals surface area contributed by atoms with E-state index in [9.17, 15) is 14.4 Å². The maximum absolute atomic E-state index is 13.1. The summed E-state index contributed by atoms with van der Waals surface area (Å²) in [5, 5.41) is 14.6. The smallest absolute Gasteiger partial charge is 0.328 e. The van der Waals surface area contributed by atoms with E-state index < -0.39 is 11.9 Å². The molecule has 0 bridgehead atoms. The van der Waals surface area contributed by atoms with Crippen LogP contribution in [0.5, 0.6) is 0 Å². The predicted molar refractivity (Wildman–Crippen MR) is 119 cm³/mol. The first-order chi connectivity index (χ1) is 14.8. The number of benzene rings is 2. The third-order valence-corrected chi connectivity index (χ3v) is 5.07. The summed E-state index contributed by atoms with van der Waals surface area (Å²) in [4.78, 5) is 37.7. The number of rotatable bonds is 6. The molecule has 2 aromatic rings. The van der Waals surface area contributed by atoms with E-state index in [1.54, 1.807) is 30.3 Å². The molecule has 0 atom stereocenters. The largest absolute Gasteiger partial charge is 0.478 e. The van der Waals surface area contributed by atoms with Gasteiger partial charge < -0.3 is 25.4 Å². The number of nitrogens with zero attached hydrogens (tertiary/aromatic N) is 1. The number of amides is 2. The van der Waals surface area contributed by atoms with Crippen molar-refractivity contribution in [2.75, 3.05) is 41.8 Å². The van der Waals surface area contributed by atoms with Crippen molar-refractivity contribution in [1.29, 1.82) is 0 Å². The van der Waals surface area contributed by atoms with Gasteiger partial charge in [-0.05, 0) is 42.8 Å². The van der Waals surface area contributed by atoms with Crippen molar-refractivity contribution < 1.29 is 24.2 Å². The van der Waals surface area contributed by atoms with Crippen LogP contribution in [0.3, 0.4) is 0 Å². The minimum Gasteiger partial charge on any atom is -0.478 e. The Balaban J connectivity index is 1.89. The number of hydrogen-bond acceptors (Lipinski definition) is 5. The molecule has 0 aliphatic carbocycles. The molecule has 0 spiro atoms. The quantitative estimate of drug-likeness (QED) is 0.591. The number of carbonyl (C=O) groups is 3. The lowest BCUT2D eigenvalue weighted by atomic mass is 10.1. The van der Waals surface area contributed by atoms with Gasteiger partial charge in [0.2, 0.25) is 5.91 Å². The topological polar surface area (TPSA) is 108 Å². The van der Waals surface area contributed by atoms with Gasteiger partial charge in [0.05, 0.1) is 18.8 Å². The highest BCUT2D eigenvalue weighted by molar-refractivity contribution is 6.31. The number of halogens is 1. The van der Waals surface area contributed by atoms with Gasteiger partial charge in [0.25, 0.3) is 5.91 Å². The van der Waals surface area contributed by atoms with Gasteiger partial charge in [-0.2, -0.15) is 0 Å². The number of ether oxygens (including phenoxy) is 1. The molecule has 0 aromatic heterocycles. The number of aliphatic carboxylic acids is 1. The monoisotopic (exact) mass is 443 g/mol. The lowest BCUT2D eigenvalue weighted by Crippen LogP contribution is -2.37. The van der Waals surface area contributed by atoms with Crippen molar-refractivity contribution in [3.05, 3.63) is 64.7 Å². The first kappa shape index (κ1) is 22.3. The fourth-order valence-electron chi connectivity index (χ4n) is 3.08. The standard InChI is InChI=1S/C22H22ClN3O5/c1-14-2-3-16(13-18(14)23)25-22(30)17-12-15(24-20(27)6-7-21(28)29)4-5-19(17)26-8-10-31-11-9-26/h2-7,12-13H,8-11H2,1H3,(H,24,27)(H,25,30)(H,28,29). The minimum atomic E-state index is -1.23. The average molecular weight is 444 g/mol. The molecule has 0 saturated carbocycles. The highest BCUT2D eigenvalue weighted by atomic mass is 35.5. The second-order valence-corrected chi connectivity index (χ2v) is 7.32. The molecule has 1 heterocycles. The van der Waals surface area contributed by atoms with Crippen molar-refractivity contribution in [3.8, 4) is 0 Å². The Hall–Kier alpha value is -3.36. The molecule has 0 unspecified atom stereocenters. The van der Waals surface area contributed by atoms with E-state index in [0.717, 1.165) is 17.7 Å². The van der Waals surface area contributed by atoms with Crippen molar-refractivity contribution in [1.82, 2.24) is 0 Å². The molecule has 0 radical (unpaired) electrons. The van der Waals surface area contributed by atoms with Crippen molar-refractivity contribution in [2.24, 2.45) is 0 Å². The molecule has 2 aromatic carbocycles. The first-order valence-corrected chi connectivity index (χ1v) is 9.97. The Morgan fingerprint density at radius 1 is 1.03 bits per heavy atom. The van der Waals surface area contributed by atoms with Crippen LogP contribution in [0.1, 0.15) is 15.9 Å². The number of carboxylic acid groups (broad SMARTS) is 1. The molecular weight excluding hydrogens is 422 g/mol. The zero-order chi connectivity index (χ0) is 22.4. The number of carbonyl (C=O) groups excluding carboxylic acids is 2. The Kier molecular flexibility index (Phi) is 7.28. The van der Waals surface area contributed by atoms with Gasteiger partial charge in [0, 0.05) is 47.3 Å². The average Bonchev–Trinajstić information content (AvgIpc) is 2.75. The van der Waals surface area contributed by atoms with Gasteiger partial charge in [-0.3, -0.25) is 9.59 Å². The second kappa shape index (κ2) is 10.1. The summed E-state index contributed by atoms with van der Waals surface area (Å²) in [5.41, 5.74) is 2.88. The zero-order valence-electron chi connectivity index (χ0n) is 16.9. The zero-order valence-corrected chi connectivity index (χ0v) is 17.6. The van der Waals surface area contributed by atoms with E-state index in [1.165, 1.54) is 0 Å². The van der Waals surface area contributed by atoms with Crippen LogP contribution in [0.4, 0.5) is 17.1 Å².